The predicted molar refractivity (Wildman–Crippen MR) is 153 cm³/mol. The highest BCUT2D eigenvalue weighted by Crippen LogP contribution is 2.44. The number of aromatic nitrogens is 1. The third-order valence-electron chi connectivity index (χ3n) is 6.47. The Labute approximate surface area is 227 Å². The highest BCUT2D eigenvalue weighted by atomic mass is 32.1. The number of amides is 1. The van der Waals surface area contributed by atoms with Crippen LogP contribution in [0.4, 0.5) is 11.4 Å². The van der Waals surface area contributed by atoms with Gasteiger partial charge in [0.15, 0.2) is 5.11 Å². The summed E-state index contributed by atoms with van der Waals surface area (Å²) >= 11 is 5.84. The first-order valence-corrected chi connectivity index (χ1v) is 12.8. The van der Waals surface area contributed by atoms with E-state index in [9.17, 15) is 4.79 Å². The number of benzene rings is 2. The average Bonchev–Trinajstić information content (AvgIpc) is 3.54. The summed E-state index contributed by atoms with van der Waals surface area (Å²) in [5.74, 6) is 1.96. The van der Waals surface area contributed by atoms with Crippen LogP contribution >= 0.6 is 12.2 Å². The molecule has 38 heavy (non-hydrogen) atoms. The van der Waals surface area contributed by atoms with Crippen LogP contribution in [0.15, 0.2) is 89.5 Å². The van der Waals surface area contributed by atoms with Crippen molar-refractivity contribution in [2.45, 2.75) is 32.9 Å². The molecule has 0 bridgehead atoms. The standard InChI is InChI=1S/C30H30N4O3S/c1-30(2,3)28(35)32-21-14-13-20(18-25(21)36-4)34-27(26(33-29(34)38)22-12-8-9-17-31-22)24-16-15-23(37-24)19-10-6-5-7-11-19/h5-18,26-27H,1-4H3,(H,32,35)(H,33,38)/t26-,27+/m0/s1. The Kier molecular flexibility index (Phi) is 6.91. The van der Waals surface area contributed by atoms with Gasteiger partial charge in [0.05, 0.1) is 24.5 Å². The van der Waals surface area contributed by atoms with Crippen LogP contribution in [0.3, 0.4) is 0 Å². The second-order valence-corrected chi connectivity index (χ2v) is 10.5. The van der Waals surface area contributed by atoms with E-state index in [4.69, 9.17) is 21.4 Å². The second kappa shape index (κ2) is 10.3. The molecule has 1 fully saturated rings. The molecule has 0 radical (unpaired) electrons. The summed E-state index contributed by atoms with van der Waals surface area (Å²) in [6.07, 6.45) is 1.77. The lowest BCUT2D eigenvalue weighted by atomic mass is 9.95. The number of carbonyl (C=O) groups excluding carboxylic acids is 1. The lowest BCUT2D eigenvalue weighted by Gasteiger charge is -2.27. The summed E-state index contributed by atoms with van der Waals surface area (Å²) in [6.45, 7) is 5.60. The van der Waals surface area contributed by atoms with E-state index >= 15 is 0 Å². The van der Waals surface area contributed by atoms with Gasteiger partial charge in [-0.1, -0.05) is 57.2 Å². The molecule has 194 valence electrons. The van der Waals surface area contributed by atoms with Gasteiger partial charge in [-0.2, -0.15) is 0 Å². The third-order valence-corrected chi connectivity index (χ3v) is 6.78. The normalized spacial score (nSPS) is 17.3. The molecule has 2 atom stereocenters. The molecule has 1 aliphatic heterocycles. The molecule has 8 heteroatoms. The number of rotatable bonds is 6. The first-order valence-electron chi connectivity index (χ1n) is 12.4. The van der Waals surface area contributed by atoms with Crippen LogP contribution in [0.2, 0.25) is 0 Å². The Morgan fingerprint density at radius 1 is 1.05 bits per heavy atom. The molecule has 1 amide bonds. The van der Waals surface area contributed by atoms with E-state index in [0.717, 1.165) is 28.5 Å². The fourth-order valence-corrected chi connectivity index (χ4v) is 4.78. The van der Waals surface area contributed by atoms with E-state index in [1.807, 2.05) is 105 Å². The van der Waals surface area contributed by atoms with Crippen molar-refractivity contribution < 1.29 is 13.9 Å². The summed E-state index contributed by atoms with van der Waals surface area (Å²) in [6, 6.07) is 24.8. The molecular formula is C30H30N4O3S. The molecule has 2 aromatic heterocycles. The quantitative estimate of drug-likeness (QED) is 0.277. The lowest BCUT2D eigenvalue weighted by Crippen LogP contribution is -2.30. The van der Waals surface area contributed by atoms with Gasteiger partial charge in [0.2, 0.25) is 5.91 Å². The first kappa shape index (κ1) is 25.5. The van der Waals surface area contributed by atoms with Crippen molar-refractivity contribution >= 4 is 34.6 Å². The van der Waals surface area contributed by atoms with E-state index in [-0.39, 0.29) is 18.0 Å². The van der Waals surface area contributed by atoms with E-state index in [1.165, 1.54) is 0 Å². The molecule has 1 aliphatic rings. The number of ether oxygens (including phenoxy) is 1. The molecule has 3 heterocycles. The van der Waals surface area contributed by atoms with Crippen LogP contribution in [0.5, 0.6) is 5.75 Å². The third kappa shape index (κ3) is 4.99. The Hall–Kier alpha value is -4.17. The molecule has 2 aromatic carbocycles. The van der Waals surface area contributed by atoms with Crippen molar-refractivity contribution in [2.24, 2.45) is 5.41 Å². The van der Waals surface area contributed by atoms with Crippen LogP contribution in [0, 0.1) is 5.41 Å². The predicted octanol–water partition coefficient (Wildman–Crippen LogP) is 6.51. The number of nitrogens with one attached hydrogen (secondary N) is 2. The van der Waals surface area contributed by atoms with Gasteiger partial charge in [-0.15, -0.1) is 0 Å². The molecule has 2 N–H and O–H groups in total. The van der Waals surface area contributed by atoms with Crippen LogP contribution in [-0.2, 0) is 4.79 Å². The minimum Gasteiger partial charge on any atom is -0.494 e. The topological polar surface area (TPSA) is 79.6 Å². The fraction of sp³-hybridized carbons (Fsp3) is 0.233. The van der Waals surface area contributed by atoms with Gasteiger partial charge in [0.25, 0.3) is 0 Å². The molecule has 0 spiro atoms. The number of pyridine rings is 1. The highest BCUT2D eigenvalue weighted by Gasteiger charge is 2.43. The SMILES string of the molecule is COc1cc(N2C(=S)N[C@@H](c3ccccn3)[C@H]2c2ccc(-c3ccccc3)o2)ccc1NC(=O)C(C)(C)C. The molecule has 1 saturated heterocycles. The number of nitrogens with zero attached hydrogens (tertiary/aromatic N) is 2. The van der Waals surface area contributed by atoms with Gasteiger partial charge >= 0.3 is 0 Å². The van der Waals surface area contributed by atoms with Gasteiger partial charge in [-0.05, 0) is 48.6 Å². The molecule has 7 nitrogen and oxygen atoms in total. The average molecular weight is 527 g/mol. The molecule has 0 saturated carbocycles. The maximum Gasteiger partial charge on any atom is 0.229 e. The number of carbonyl (C=O) groups is 1. The zero-order valence-electron chi connectivity index (χ0n) is 21.8. The maximum absolute atomic E-state index is 12.6. The molecular weight excluding hydrogens is 496 g/mol. The minimum atomic E-state index is -0.541. The molecule has 0 unspecified atom stereocenters. The van der Waals surface area contributed by atoms with Crippen LogP contribution in [0.1, 0.15) is 44.3 Å². The van der Waals surface area contributed by atoms with E-state index in [1.54, 1.807) is 13.3 Å². The molecule has 4 aromatic rings. The zero-order chi connectivity index (χ0) is 26.9. The van der Waals surface area contributed by atoms with Crippen LogP contribution in [0.25, 0.3) is 11.3 Å². The van der Waals surface area contributed by atoms with Gasteiger partial charge < -0.3 is 24.7 Å². The number of hydrogen-bond donors (Lipinski definition) is 2. The number of thiocarbonyl (C=S) groups is 1. The summed E-state index contributed by atoms with van der Waals surface area (Å²) in [7, 11) is 1.58. The number of methoxy groups -OCH3 is 1. The largest absolute Gasteiger partial charge is 0.494 e. The van der Waals surface area contributed by atoms with Crippen LogP contribution in [-0.4, -0.2) is 23.1 Å². The van der Waals surface area contributed by atoms with Gasteiger partial charge in [0, 0.05) is 28.9 Å². The highest BCUT2D eigenvalue weighted by molar-refractivity contribution is 7.80. The zero-order valence-corrected chi connectivity index (χ0v) is 22.6. The van der Waals surface area contributed by atoms with E-state index < -0.39 is 5.41 Å². The van der Waals surface area contributed by atoms with Gasteiger partial charge in [-0.25, -0.2) is 0 Å². The smallest absolute Gasteiger partial charge is 0.229 e. The summed E-state index contributed by atoms with van der Waals surface area (Å²) in [5.41, 5.74) is 2.70. The van der Waals surface area contributed by atoms with Crippen molar-refractivity contribution in [3.8, 4) is 17.1 Å². The Morgan fingerprint density at radius 2 is 1.82 bits per heavy atom. The number of furan rings is 1. The number of anilines is 2. The summed E-state index contributed by atoms with van der Waals surface area (Å²) in [4.78, 5) is 19.2. The monoisotopic (exact) mass is 526 g/mol. The summed E-state index contributed by atoms with van der Waals surface area (Å²) in [5, 5.41) is 6.95. The molecule has 0 aliphatic carbocycles. The molecule has 5 rings (SSSR count). The fourth-order valence-electron chi connectivity index (χ4n) is 4.43. The minimum absolute atomic E-state index is 0.0981. The van der Waals surface area contributed by atoms with Crippen molar-refractivity contribution in [3.05, 3.63) is 96.5 Å². The van der Waals surface area contributed by atoms with E-state index in [2.05, 4.69) is 15.6 Å². The van der Waals surface area contributed by atoms with Gasteiger partial charge in [0.1, 0.15) is 23.3 Å². The Morgan fingerprint density at radius 3 is 2.50 bits per heavy atom. The van der Waals surface area contributed by atoms with Crippen LogP contribution < -0.4 is 20.3 Å². The lowest BCUT2D eigenvalue weighted by molar-refractivity contribution is -0.123. The van der Waals surface area contributed by atoms with Crippen molar-refractivity contribution in [1.82, 2.24) is 10.3 Å². The second-order valence-electron chi connectivity index (χ2n) is 10.2. The Balaban J connectivity index is 1.56. The summed E-state index contributed by atoms with van der Waals surface area (Å²) < 4.78 is 12.1. The van der Waals surface area contributed by atoms with Crippen molar-refractivity contribution in [2.75, 3.05) is 17.3 Å². The first-order chi connectivity index (χ1) is 18.3. The Bertz CT molecular complexity index is 1450. The number of hydrogen-bond acceptors (Lipinski definition) is 5. The van der Waals surface area contributed by atoms with Crippen molar-refractivity contribution in [3.63, 3.8) is 0 Å². The maximum atomic E-state index is 12.6. The van der Waals surface area contributed by atoms with E-state index in [0.29, 0.717) is 16.5 Å². The van der Waals surface area contributed by atoms with Gasteiger partial charge in [-0.3, -0.25) is 9.78 Å². The van der Waals surface area contributed by atoms with Crippen molar-refractivity contribution in [1.29, 1.82) is 0 Å².